The van der Waals surface area contributed by atoms with Gasteiger partial charge in [-0.2, -0.15) is 0 Å². The van der Waals surface area contributed by atoms with Gasteiger partial charge in [-0.05, 0) is 43.4 Å². The molecular weight excluding hydrogens is 427 g/mol. The zero-order chi connectivity index (χ0) is 21.8. The second-order valence-corrected chi connectivity index (χ2v) is 9.68. The first-order chi connectivity index (χ1) is 14.2. The minimum Gasteiger partial charge on any atom is -0.406 e. The Kier molecular flexibility index (Phi) is 7.05. The normalized spacial score (nSPS) is 21.3. The van der Waals surface area contributed by atoms with E-state index >= 15 is 0 Å². The highest BCUT2D eigenvalue weighted by atomic mass is 32.2. The summed E-state index contributed by atoms with van der Waals surface area (Å²) in [5.74, 6) is -0.304. The maximum atomic E-state index is 13.0. The number of alkyl halides is 3. The highest BCUT2D eigenvalue weighted by Gasteiger charge is 2.49. The smallest absolute Gasteiger partial charge is 0.406 e. The predicted molar refractivity (Wildman–Crippen MR) is 100 cm³/mol. The Bertz CT molecular complexity index is 814. The van der Waals surface area contributed by atoms with Gasteiger partial charge in [-0.15, -0.1) is 13.2 Å². The summed E-state index contributed by atoms with van der Waals surface area (Å²) in [5.41, 5.74) is 0.682. The number of piperidine rings is 1. The van der Waals surface area contributed by atoms with Crippen LogP contribution in [0, 0.1) is 0 Å². The van der Waals surface area contributed by atoms with E-state index in [-0.39, 0.29) is 57.6 Å². The molecule has 0 atom stereocenters. The topological polar surface area (TPSA) is 82.1 Å². The van der Waals surface area contributed by atoms with Gasteiger partial charge in [0.05, 0.1) is 12.7 Å². The molecule has 1 aromatic rings. The minimum absolute atomic E-state index is 0.156. The SMILES string of the molecule is O=CC1(S(=O)(=O)N2CCC(OCc3ccc(OC(F)(F)F)cc3)CC2)CCOCC1. The van der Waals surface area contributed by atoms with Gasteiger partial charge in [0, 0.05) is 26.3 Å². The van der Waals surface area contributed by atoms with Gasteiger partial charge < -0.3 is 19.0 Å². The van der Waals surface area contributed by atoms with Crippen LogP contribution in [0.3, 0.4) is 0 Å². The molecule has 1 aromatic carbocycles. The van der Waals surface area contributed by atoms with Crippen LogP contribution >= 0.6 is 0 Å². The number of ether oxygens (including phenoxy) is 3. The molecule has 0 saturated carbocycles. The average Bonchev–Trinajstić information content (AvgIpc) is 2.73. The van der Waals surface area contributed by atoms with E-state index in [2.05, 4.69) is 4.74 Å². The van der Waals surface area contributed by atoms with E-state index in [9.17, 15) is 26.4 Å². The molecule has 2 heterocycles. The van der Waals surface area contributed by atoms with Crippen LogP contribution in [0.4, 0.5) is 13.2 Å². The number of hydrogen-bond acceptors (Lipinski definition) is 6. The largest absolute Gasteiger partial charge is 0.573 e. The van der Waals surface area contributed by atoms with Crippen LogP contribution in [0.25, 0.3) is 0 Å². The Morgan fingerprint density at radius 3 is 2.27 bits per heavy atom. The first kappa shape index (κ1) is 23.0. The molecule has 0 amide bonds. The molecule has 0 aromatic heterocycles. The fourth-order valence-electron chi connectivity index (χ4n) is 3.65. The molecule has 3 rings (SSSR count). The van der Waals surface area contributed by atoms with E-state index in [4.69, 9.17) is 9.47 Å². The number of carbonyl (C=O) groups excluding carboxylic acids is 1. The molecule has 30 heavy (non-hydrogen) atoms. The van der Waals surface area contributed by atoms with Crippen LogP contribution in [0.5, 0.6) is 5.75 Å². The lowest BCUT2D eigenvalue weighted by molar-refractivity contribution is -0.274. The van der Waals surface area contributed by atoms with E-state index in [0.29, 0.717) is 24.7 Å². The molecule has 0 unspecified atom stereocenters. The molecule has 2 fully saturated rings. The van der Waals surface area contributed by atoms with Crippen molar-refractivity contribution in [1.82, 2.24) is 4.31 Å². The van der Waals surface area contributed by atoms with Gasteiger partial charge >= 0.3 is 6.36 Å². The molecule has 2 aliphatic heterocycles. The minimum atomic E-state index is -4.74. The number of benzene rings is 1. The van der Waals surface area contributed by atoms with Crippen LogP contribution in [0.1, 0.15) is 31.2 Å². The number of hydrogen-bond donors (Lipinski definition) is 0. The third-order valence-electron chi connectivity index (χ3n) is 5.45. The van der Waals surface area contributed by atoms with Crippen LogP contribution < -0.4 is 4.74 Å². The van der Waals surface area contributed by atoms with Gasteiger partial charge in [-0.3, -0.25) is 0 Å². The second kappa shape index (κ2) is 9.21. The quantitative estimate of drug-likeness (QED) is 0.593. The summed E-state index contributed by atoms with van der Waals surface area (Å²) in [5, 5.41) is 0. The number of carbonyl (C=O) groups is 1. The summed E-state index contributed by atoms with van der Waals surface area (Å²) in [4.78, 5) is 11.6. The van der Waals surface area contributed by atoms with Crippen LogP contribution in [-0.4, -0.2) is 62.5 Å². The fourth-order valence-corrected chi connectivity index (χ4v) is 5.66. The van der Waals surface area contributed by atoms with Crippen molar-refractivity contribution in [2.75, 3.05) is 26.3 Å². The Morgan fingerprint density at radius 2 is 1.73 bits per heavy atom. The van der Waals surface area contributed by atoms with E-state index in [0.717, 1.165) is 0 Å². The molecule has 11 heteroatoms. The van der Waals surface area contributed by atoms with Crippen molar-refractivity contribution < 1.29 is 40.6 Å². The highest BCUT2D eigenvalue weighted by Crippen LogP contribution is 2.32. The Labute approximate surface area is 173 Å². The number of rotatable bonds is 7. The average molecular weight is 451 g/mol. The summed E-state index contributed by atoms with van der Waals surface area (Å²) in [6, 6.07) is 5.40. The lowest BCUT2D eigenvalue weighted by Gasteiger charge is -2.39. The van der Waals surface area contributed by atoms with E-state index in [1.165, 1.54) is 28.6 Å². The molecule has 0 radical (unpaired) electrons. The van der Waals surface area contributed by atoms with Gasteiger partial charge in [0.2, 0.25) is 10.0 Å². The van der Waals surface area contributed by atoms with Crippen molar-refractivity contribution in [1.29, 1.82) is 0 Å². The van der Waals surface area contributed by atoms with Crippen LogP contribution in [0.15, 0.2) is 24.3 Å². The summed E-state index contributed by atoms with van der Waals surface area (Å²) < 4.78 is 77.4. The van der Waals surface area contributed by atoms with Crippen molar-refractivity contribution in [3.05, 3.63) is 29.8 Å². The van der Waals surface area contributed by atoms with E-state index in [1.807, 2.05) is 0 Å². The van der Waals surface area contributed by atoms with Gasteiger partial charge in [0.15, 0.2) is 0 Å². The Hall–Kier alpha value is -1.69. The molecular formula is C19H24F3NO6S. The molecule has 0 N–H and O–H groups in total. The van der Waals surface area contributed by atoms with Gasteiger partial charge in [-0.1, -0.05) is 12.1 Å². The lowest BCUT2D eigenvalue weighted by Crippen LogP contribution is -2.54. The maximum absolute atomic E-state index is 13.0. The Morgan fingerprint density at radius 1 is 1.13 bits per heavy atom. The summed E-state index contributed by atoms with van der Waals surface area (Å²) in [6.45, 7) is 1.18. The molecule has 168 valence electrons. The summed E-state index contributed by atoms with van der Waals surface area (Å²) in [7, 11) is -3.78. The van der Waals surface area contributed by atoms with Gasteiger partial charge in [-0.25, -0.2) is 12.7 Å². The van der Waals surface area contributed by atoms with E-state index < -0.39 is 21.1 Å². The zero-order valence-corrected chi connectivity index (χ0v) is 17.1. The first-order valence-electron chi connectivity index (χ1n) is 9.65. The van der Waals surface area contributed by atoms with Crippen LogP contribution in [-0.2, 0) is 30.9 Å². The molecule has 0 aliphatic carbocycles. The number of halogens is 3. The number of sulfonamides is 1. The third kappa shape index (κ3) is 5.32. The lowest BCUT2D eigenvalue weighted by atomic mass is 10.0. The maximum Gasteiger partial charge on any atom is 0.573 e. The summed E-state index contributed by atoms with van der Waals surface area (Å²) in [6.07, 6.45) is -3.12. The van der Waals surface area contributed by atoms with Crippen molar-refractivity contribution >= 4 is 16.3 Å². The first-order valence-corrected chi connectivity index (χ1v) is 11.1. The van der Waals surface area contributed by atoms with Gasteiger partial charge in [0.25, 0.3) is 0 Å². The molecule has 2 saturated heterocycles. The second-order valence-electron chi connectivity index (χ2n) is 7.40. The van der Waals surface area contributed by atoms with Crippen molar-refractivity contribution in [2.24, 2.45) is 0 Å². The third-order valence-corrected chi connectivity index (χ3v) is 8.03. The predicted octanol–water partition coefficient (Wildman–Crippen LogP) is 2.64. The fraction of sp³-hybridized carbons (Fsp3) is 0.632. The van der Waals surface area contributed by atoms with E-state index in [1.54, 1.807) is 0 Å². The summed E-state index contributed by atoms with van der Waals surface area (Å²) >= 11 is 0. The van der Waals surface area contributed by atoms with Crippen molar-refractivity contribution in [2.45, 2.75) is 49.5 Å². The molecule has 0 bridgehead atoms. The Balaban J connectivity index is 1.50. The number of nitrogens with zero attached hydrogens (tertiary/aromatic N) is 1. The molecule has 0 spiro atoms. The number of aldehydes is 1. The van der Waals surface area contributed by atoms with Crippen molar-refractivity contribution in [3.8, 4) is 5.75 Å². The zero-order valence-electron chi connectivity index (χ0n) is 16.3. The standard InChI is InChI=1S/C19H24F3NO6S/c20-19(21,22)29-17-3-1-15(2-4-17)13-28-16-5-9-23(10-6-16)30(25,26)18(14-24)7-11-27-12-8-18/h1-4,14,16H,5-13H2. The molecule has 7 nitrogen and oxygen atoms in total. The van der Waals surface area contributed by atoms with Gasteiger partial charge in [0.1, 0.15) is 16.8 Å². The molecule has 2 aliphatic rings. The highest BCUT2D eigenvalue weighted by molar-refractivity contribution is 7.91. The van der Waals surface area contributed by atoms with Crippen LogP contribution in [0.2, 0.25) is 0 Å². The van der Waals surface area contributed by atoms with Crippen molar-refractivity contribution in [3.63, 3.8) is 0 Å². The monoisotopic (exact) mass is 451 g/mol.